The fourth-order valence-electron chi connectivity index (χ4n) is 4.13. The van der Waals surface area contributed by atoms with Crippen LogP contribution in [0.1, 0.15) is 57.8 Å². The van der Waals surface area contributed by atoms with Gasteiger partial charge in [-0.05, 0) is 38.5 Å². The molecule has 2 amide bonds. The molecule has 1 N–H and O–H groups in total. The zero-order valence-corrected chi connectivity index (χ0v) is 14.1. The van der Waals surface area contributed by atoms with Gasteiger partial charge in [-0.3, -0.25) is 9.59 Å². The Bertz CT molecular complexity index is 406. The lowest BCUT2D eigenvalue weighted by atomic mass is 9.87. The number of rotatable bonds is 4. The fraction of sp³-hybridized carbons (Fsp3) is 0.889. The molecule has 130 valence electrons. The van der Waals surface area contributed by atoms with Gasteiger partial charge >= 0.3 is 0 Å². The van der Waals surface area contributed by atoms with E-state index in [0.717, 1.165) is 58.2 Å². The number of amides is 2. The minimum atomic E-state index is 0.0619. The SMILES string of the molecule is O=C(NCC1CCCO1)C1CCN(C(=O)C2CCCCC2)CC1. The molecule has 5 nitrogen and oxygen atoms in total. The number of carbonyl (C=O) groups excluding carboxylic acids is 2. The summed E-state index contributed by atoms with van der Waals surface area (Å²) in [7, 11) is 0. The van der Waals surface area contributed by atoms with Crippen molar-refractivity contribution in [2.75, 3.05) is 26.2 Å². The molecule has 0 aromatic carbocycles. The van der Waals surface area contributed by atoms with Gasteiger partial charge in [-0.1, -0.05) is 19.3 Å². The van der Waals surface area contributed by atoms with Crippen LogP contribution < -0.4 is 5.32 Å². The number of nitrogens with zero attached hydrogens (tertiary/aromatic N) is 1. The maximum atomic E-state index is 12.5. The minimum absolute atomic E-state index is 0.0619. The lowest BCUT2D eigenvalue weighted by Gasteiger charge is -2.34. The van der Waals surface area contributed by atoms with Crippen molar-refractivity contribution >= 4 is 11.8 Å². The predicted octanol–water partition coefficient (Wildman–Crippen LogP) is 2.10. The van der Waals surface area contributed by atoms with Gasteiger partial charge in [-0.2, -0.15) is 0 Å². The maximum Gasteiger partial charge on any atom is 0.225 e. The number of carbonyl (C=O) groups is 2. The quantitative estimate of drug-likeness (QED) is 0.862. The normalized spacial score (nSPS) is 27.1. The molecular weight excluding hydrogens is 292 g/mol. The van der Waals surface area contributed by atoms with Crippen LogP contribution in [0.15, 0.2) is 0 Å². The van der Waals surface area contributed by atoms with E-state index in [1.54, 1.807) is 0 Å². The molecule has 0 radical (unpaired) electrons. The summed E-state index contributed by atoms with van der Waals surface area (Å²) in [5.41, 5.74) is 0. The van der Waals surface area contributed by atoms with Crippen LogP contribution in [0.4, 0.5) is 0 Å². The second kappa shape index (κ2) is 8.13. The van der Waals surface area contributed by atoms with Gasteiger partial charge in [0.25, 0.3) is 0 Å². The molecule has 2 saturated heterocycles. The average molecular weight is 322 g/mol. The fourth-order valence-corrected chi connectivity index (χ4v) is 4.13. The van der Waals surface area contributed by atoms with Crippen LogP contribution in [0.3, 0.4) is 0 Å². The van der Waals surface area contributed by atoms with Crippen molar-refractivity contribution < 1.29 is 14.3 Å². The van der Waals surface area contributed by atoms with Crippen molar-refractivity contribution in [3.05, 3.63) is 0 Å². The van der Waals surface area contributed by atoms with E-state index in [4.69, 9.17) is 4.74 Å². The molecule has 0 aromatic heterocycles. The van der Waals surface area contributed by atoms with Crippen molar-refractivity contribution in [2.24, 2.45) is 11.8 Å². The summed E-state index contributed by atoms with van der Waals surface area (Å²) in [6.07, 6.45) is 9.73. The largest absolute Gasteiger partial charge is 0.376 e. The van der Waals surface area contributed by atoms with Crippen molar-refractivity contribution in [1.82, 2.24) is 10.2 Å². The third kappa shape index (κ3) is 4.46. The molecule has 0 spiro atoms. The Labute approximate surface area is 139 Å². The first-order valence-corrected chi connectivity index (χ1v) is 9.42. The number of piperidine rings is 1. The molecule has 1 saturated carbocycles. The molecule has 1 atom stereocenters. The topological polar surface area (TPSA) is 58.6 Å². The molecule has 1 aliphatic carbocycles. The molecule has 3 aliphatic rings. The van der Waals surface area contributed by atoms with Gasteiger partial charge < -0.3 is 15.0 Å². The monoisotopic (exact) mass is 322 g/mol. The Morgan fingerprint density at radius 1 is 0.913 bits per heavy atom. The first-order chi connectivity index (χ1) is 11.2. The van der Waals surface area contributed by atoms with Crippen molar-refractivity contribution in [1.29, 1.82) is 0 Å². The van der Waals surface area contributed by atoms with E-state index in [1.165, 1.54) is 19.3 Å². The Morgan fingerprint density at radius 2 is 1.65 bits per heavy atom. The molecule has 23 heavy (non-hydrogen) atoms. The van der Waals surface area contributed by atoms with Crippen LogP contribution in [0.25, 0.3) is 0 Å². The smallest absolute Gasteiger partial charge is 0.225 e. The summed E-state index contributed by atoms with van der Waals surface area (Å²) in [4.78, 5) is 26.8. The molecule has 2 heterocycles. The zero-order valence-electron chi connectivity index (χ0n) is 14.1. The molecule has 0 bridgehead atoms. The number of hydrogen-bond acceptors (Lipinski definition) is 3. The van der Waals surface area contributed by atoms with Crippen LogP contribution in [0.2, 0.25) is 0 Å². The first-order valence-electron chi connectivity index (χ1n) is 9.42. The van der Waals surface area contributed by atoms with E-state index in [1.807, 2.05) is 4.90 Å². The van der Waals surface area contributed by atoms with E-state index in [9.17, 15) is 9.59 Å². The van der Waals surface area contributed by atoms with E-state index in [-0.39, 0.29) is 23.8 Å². The summed E-state index contributed by atoms with van der Waals surface area (Å²) in [5.74, 6) is 0.786. The zero-order chi connectivity index (χ0) is 16.1. The molecule has 3 fully saturated rings. The highest BCUT2D eigenvalue weighted by Gasteiger charge is 2.31. The van der Waals surface area contributed by atoms with Crippen molar-refractivity contribution in [2.45, 2.75) is 63.9 Å². The Hall–Kier alpha value is -1.10. The third-order valence-corrected chi connectivity index (χ3v) is 5.66. The molecular formula is C18H30N2O3. The summed E-state index contributed by atoms with van der Waals surface area (Å²) in [6, 6.07) is 0. The maximum absolute atomic E-state index is 12.5. The number of hydrogen-bond donors (Lipinski definition) is 1. The summed E-state index contributed by atoms with van der Waals surface area (Å²) in [5, 5.41) is 3.03. The van der Waals surface area contributed by atoms with E-state index >= 15 is 0 Å². The van der Waals surface area contributed by atoms with Gasteiger partial charge in [-0.25, -0.2) is 0 Å². The van der Waals surface area contributed by atoms with Gasteiger partial charge in [0.1, 0.15) is 0 Å². The summed E-state index contributed by atoms with van der Waals surface area (Å²) >= 11 is 0. The second-order valence-corrected chi connectivity index (χ2v) is 7.31. The first kappa shape index (κ1) is 16.7. The molecule has 5 heteroatoms. The van der Waals surface area contributed by atoms with Gasteiger partial charge in [-0.15, -0.1) is 0 Å². The number of likely N-dealkylation sites (tertiary alicyclic amines) is 1. The lowest BCUT2D eigenvalue weighted by Crippen LogP contribution is -2.46. The third-order valence-electron chi connectivity index (χ3n) is 5.66. The van der Waals surface area contributed by atoms with Gasteiger partial charge in [0.05, 0.1) is 6.10 Å². The highest BCUT2D eigenvalue weighted by molar-refractivity contribution is 5.81. The van der Waals surface area contributed by atoms with Crippen LogP contribution in [-0.2, 0) is 14.3 Å². The van der Waals surface area contributed by atoms with E-state index in [2.05, 4.69) is 5.32 Å². The van der Waals surface area contributed by atoms with Crippen molar-refractivity contribution in [3.63, 3.8) is 0 Å². The second-order valence-electron chi connectivity index (χ2n) is 7.31. The van der Waals surface area contributed by atoms with Gasteiger partial charge in [0.2, 0.25) is 11.8 Å². The summed E-state index contributed by atoms with van der Waals surface area (Å²) in [6.45, 7) is 2.95. The van der Waals surface area contributed by atoms with Gasteiger partial charge in [0.15, 0.2) is 0 Å². The predicted molar refractivity (Wildman–Crippen MR) is 87.9 cm³/mol. The molecule has 3 rings (SSSR count). The molecule has 2 aliphatic heterocycles. The Balaban J connectivity index is 1.38. The Morgan fingerprint density at radius 3 is 2.30 bits per heavy atom. The molecule has 0 aromatic rings. The molecule has 1 unspecified atom stereocenters. The highest BCUT2D eigenvalue weighted by atomic mass is 16.5. The van der Waals surface area contributed by atoms with E-state index < -0.39 is 0 Å². The summed E-state index contributed by atoms with van der Waals surface area (Å²) < 4.78 is 5.54. The number of nitrogens with one attached hydrogen (secondary N) is 1. The van der Waals surface area contributed by atoms with Crippen LogP contribution >= 0.6 is 0 Å². The highest BCUT2D eigenvalue weighted by Crippen LogP contribution is 2.27. The number of ether oxygens (including phenoxy) is 1. The average Bonchev–Trinajstić information content (AvgIpc) is 3.13. The van der Waals surface area contributed by atoms with Crippen molar-refractivity contribution in [3.8, 4) is 0 Å². The standard InChI is InChI=1S/C18H30N2O3/c21-17(19-13-16-7-4-12-23-16)14-8-10-20(11-9-14)18(22)15-5-2-1-3-6-15/h14-16H,1-13H2,(H,19,21). The van der Waals surface area contributed by atoms with Gasteiger partial charge in [0, 0.05) is 38.1 Å². The Kier molecular flexibility index (Phi) is 5.92. The van der Waals surface area contributed by atoms with Crippen LogP contribution in [0.5, 0.6) is 0 Å². The minimum Gasteiger partial charge on any atom is -0.376 e. The van der Waals surface area contributed by atoms with E-state index in [0.29, 0.717) is 12.5 Å². The van der Waals surface area contributed by atoms with Crippen LogP contribution in [-0.4, -0.2) is 49.1 Å². The lowest BCUT2D eigenvalue weighted by molar-refractivity contribution is -0.140. The van der Waals surface area contributed by atoms with Crippen LogP contribution in [0, 0.1) is 11.8 Å².